The van der Waals surface area contributed by atoms with Gasteiger partial charge >= 0.3 is 5.97 Å². The van der Waals surface area contributed by atoms with E-state index >= 15 is 0 Å². The van der Waals surface area contributed by atoms with Gasteiger partial charge in [0.2, 0.25) is 5.76 Å². The van der Waals surface area contributed by atoms with Crippen molar-refractivity contribution in [2.45, 2.75) is 0 Å². The summed E-state index contributed by atoms with van der Waals surface area (Å²) in [6.45, 7) is 0. The van der Waals surface area contributed by atoms with Crippen molar-refractivity contribution in [3.63, 3.8) is 0 Å². The Hall–Kier alpha value is -1.19. The minimum absolute atomic E-state index is 0.211. The number of rotatable bonds is 2. The monoisotopic (exact) mass is 132 g/mol. The number of esters is 1. The molecule has 0 saturated carbocycles. The number of aliphatic hydroxyl groups excluding tert-OH is 1. The maximum atomic E-state index is 10.4. The highest BCUT2D eigenvalue weighted by atomic mass is 16.6. The Kier molecular flexibility index (Phi) is 3.27. The van der Waals surface area contributed by atoms with Gasteiger partial charge in [0.05, 0.1) is 14.2 Å². The van der Waals surface area contributed by atoms with E-state index < -0.39 is 5.97 Å². The largest absolute Gasteiger partial charge is 0.511 e. The van der Waals surface area contributed by atoms with Crippen LogP contribution in [0.3, 0.4) is 0 Å². The van der Waals surface area contributed by atoms with Crippen LogP contribution in [0.1, 0.15) is 0 Å². The van der Waals surface area contributed by atoms with Gasteiger partial charge < -0.3 is 14.6 Å². The van der Waals surface area contributed by atoms with Crippen molar-refractivity contribution < 1.29 is 19.4 Å². The maximum absolute atomic E-state index is 10.4. The molecule has 0 bridgehead atoms. The zero-order chi connectivity index (χ0) is 7.28. The molecule has 0 aromatic heterocycles. The average Bonchev–Trinajstić information content (AvgIpc) is 1.90. The van der Waals surface area contributed by atoms with Crippen molar-refractivity contribution in [3.05, 3.63) is 12.0 Å². The summed E-state index contributed by atoms with van der Waals surface area (Å²) in [6, 6.07) is 0. The average molecular weight is 132 g/mol. The third-order valence-corrected chi connectivity index (χ3v) is 0.724. The number of carbonyl (C=O) groups excluding carboxylic acids is 1. The van der Waals surface area contributed by atoms with Crippen LogP contribution in [0.25, 0.3) is 0 Å². The summed E-state index contributed by atoms with van der Waals surface area (Å²) in [6.07, 6.45) is 0.547. The van der Waals surface area contributed by atoms with Crippen LogP contribution in [-0.4, -0.2) is 25.3 Å². The smallest absolute Gasteiger partial charge is 0.376 e. The van der Waals surface area contributed by atoms with Crippen molar-refractivity contribution >= 4 is 5.97 Å². The number of methoxy groups -OCH3 is 2. The second kappa shape index (κ2) is 3.77. The van der Waals surface area contributed by atoms with Gasteiger partial charge in [-0.1, -0.05) is 0 Å². The molecule has 0 fully saturated rings. The zero-order valence-corrected chi connectivity index (χ0v) is 5.25. The van der Waals surface area contributed by atoms with Crippen molar-refractivity contribution in [2.24, 2.45) is 0 Å². The molecule has 0 saturated heterocycles. The fourth-order valence-corrected chi connectivity index (χ4v) is 0.289. The van der Waals surface area contributed by atoms with Gasteiger partial charge in [0.25, 0.3) is 0 Å². The highest BCUT2D eigenvalue weighted by Gasteiger charge is 2.07. The highest BCUT2D eigenvalue weighted by molar-refractivity contribution is 5.85. The second-order valence-corrected chi connectivity index (χ2v) is 1.19. The number of hydrogen-bond donors (Lipinski definition) is 1. The van der Waals surface area contributed by atoms with Crippen molar-refractivity contribution in [3.8, 4) is 0 Å². The second-order valence-electron chi connectivity index (χ2n) is 1.19. The molecule has 0 aliphatic heterocycles. The Labute approximate surface area is 52.7 Å². The van der Waals surface area contributed by atoms with Gasteiger partial charge in [-0.2, -0.15) is 0 Å². The number of hydrogen-bond acceptors (Lipinski definition) is 4. The van der Waals surface area contributed by atoms with Crippen LogP contribution in [0.4, 0.5) is 0 Å². The molecule has 0 aromatic carbocycles. The first-order chi connectivity index (χ1) is 4.26. The Morgan fingerprint density at radius 1 is 1.44 bits per heavy atom. The van der Waals surface area contributed by atoms with Gasteiger partial charge in [-0.25, -0.2) is 4.79 Å². The number of carbonyl (C=O) groups is 1. The van der Waals surface area contributed by atoms with Crippen LogP contribution < -0.4 is 0 Å². The van der Waals surface area contributed by atoms with Gasteiger partial charge in [-0.3, -0.25) is 0 Å². The molecule has 0 amide bonds. The van der Waals surface area contributed by atoms with Crippen LogP contribution in [-0.2, 0) is 14.3 Å². The molecule has 0 spiro atoms. The lowest BCUT2D eigenvalue weighted by molar-refractivity contribution is -0.139. The summed E-state index contributed by atoms with van der Waals surface area (Å²) in [7, 11) is 2.46. The van der Waals surface area contributed by atoms with Gasteiger partial charge in [0.1, 0.15) is 6.26 Å². The van der Waals surface area contributed by atoms with Crippen LogP contribution in [0.5, 0.6) is 0 Å². The Bertz CT molecular complexity index is 127. The molecule has 1 N–H and O–H groups in total. The minimum Gasteiger partial charge on any atom is -0.511 e. The van der Waals surface area contributed by atoms with Gasteiger partial charge in [-0.15, -0.1) is 0 Å². The summed E-state index contributed by atoms with van der Waals surface area (Å²) in [5, 5.41) is 8.24. The Morgan fingerprint density at radius 3 is 2.11 bits per heavy atom. The first-order valence-corrected chi connectivity index (χ1v) is 2.23. The van der Waals surface area contributed by atoms with Crippen LogP contribution in [0, 0.1) is 0 Å². The maximum Gasteiger partial charge on any atom is 0.376 e. The zero-order valence-electron chi connectivity index (χ0n) is 5.25. The summed E-state index contributed by atoms with van der Waals surface area (Å²) in [5.41, 5.74) is 0. The van der Waals surface area contributed by atoms with Gasteiger partial charge in [0.15, 0.2) is 0 Å². The molecule has 0 aromatic rings. The Balaban J connectivity index is 3.97. The van der Waals surface area contributed by atoms with E-state index in [1.54, 1.807) is 0 Å². The van der Waals surface area contributed by atoms with Gasteiger partial charge in [0, 0.05) is 0 Å². The quantitative estimate of drug-likeness (QED) is 0.331. The summed E-state index contributed by atoms with van der Waals surface area (Å²) >= 11 is 0. The van der Waals surface area contributed by atoms with E-state index in [0.29, 0.717) is 6.26 Å². The van der Waals surface area contributed by atoms with Crippen LogP contribution in [0.2, 0.25) is 0 Å². The molecule has 52 valence electrons. The molecule has 0 rings (SSSR count). The molecule has 0 atom stereocenters. The molecule has 4 heteroatoms. The van der Waals surface area contributed by atoms with Crippen molar-refractivity contribution in [2.75, 3.05) is 14.2 Å². The molecule has 0 aliphatic carbocycles. The van der Waals surface area contributed by atoms with Crippen molar-refractivity contribution in [1.29, 1.82) is 0 Å². The third-order valence-electron chi connectivity index (χ3n) is 0.724. The van der Waals surface area contributed by atoms with E-state index in [1.807, 2.05) is 0 Å². The number of aliphatic hydroxyl groups is 1. The lowest BCUT2D eigenvalue weighted by Crippen LogP contribution is -2.05. The first kappa shape index (κ1) is 7.81. The first-order valence-electron chi connectivity index (χ1n) is 2.23. The Morgan fingerprint density at radius 2 is 2.00 bits per heavy atom. The molecule has 4 nitrogen and oxygen atoms in total. The van der Waals surface area contributed by atoms with E-state index in [4.69, 9.17) is 5.11 Å². The number of ether oxygens (including phenoxy) is 2. The van der Waals surface area contributed by atoms with Gasteiger partial charge in [-0.05, 0) is 0 Å². The summed E-state index contributed by atoms with van der Waals surface area (Å²) in [5.74, 6) is -0.905. The predicted molar refractivity (Wildman–Crippen MR) is 29.7 cm³/mol. The van der Waals surface area contributed by atoms with E-state index in [0.717, 1.165) is 0 Å². The molecule has 0 unspecified atom stereocenters. The minimum atomic E-state index is -0.694. The lowest BCUT2D eigenvalue weighted by Gasteiger charge is -1.99. The SMILES string of the molecule is COC(=O)/C(=C\O)OC. The fraction of sp³-hybridized carbons (Fsp3) is 0.400. The summed E-state index contributed by atoms with van der Waals surface area (Å²) < 4.78 is 8.59. The van der Waals surface area contributed by atoms with E-state index in [9.17, 15) is 4.79 Å². The molecular formula is C5H8O4. The molecule has 0 heterocycles. The lowest BCUT2D eigenvalue weighted by atomic mass is 10.5. The molecular weight excluding hydrogens is 124 g/mol. The van der Waals surface area contributed by atoms with Crippen LogP contribution in [0.15, 0.2) is 12.0 Å². The third kappa shape index (κ3) is 2.03. The highest BCUT2D eigenvalue weighted by Crippen LogP contribution is 1.94. The fourth-order valence-electron chi connectivity index (χ4n) is 0.289. The van der Waals surface area contributed by atoms with E-state index in [-0.39, 0.29) is 5.76 Å². The topological polar surface area (TPSA) is 55.8 Å². The van der Waals surface area contributed by atoms with E-state index in [2.05, 4.69) is 9.47 Å². The molecule has 0 aliphatic rings. The standard InChI is InChI=1S/C5H8O4/c1-8-4(3-6)5(7)9-2/h3,6H,1-2H3/b4-3+. The van der Waals surface area contributed by atoms with Crippen LogP contribution >= 0.6 is 0 Å². The molecule has 0 radical (unpaired) electrons. The molecule has 9 heavy (non-hydrogen) atoms. The normalized spacial score (nSPS) is 10.7. The van der Waals surface area contributed by atoms with E-state index in [1.165, 1.54) is 14.2 Å². The van der Waals surface area contributed by atoms with Crippen molar-refractivity contribution in [1.82, 2.24) is 0 Å². The summed E-state index contributed by atoms with van der Waals surface area (Å²) in [4.78, 5) is 10.4. The predicted octanol–water partition coefficient (Wildman–Crippen LogP) is 0.205.